The summed E-state index contributed by atoms with van der Waals surface area (Å²) in [6.45, 7) is 4.54. The van der Waals surface area contributed by atoms with Crippen molar-refractivity contribution in [2.24, 2.45) is 0 Å². The van der Waals surface area contributed by atoms with Crippen molar-refractivity contribution < 1.29 is 27.2 Å². The molecule has 152 valence electrons. The van der Waals surface area contributed by atoms with Gasteiger partial charge in [-0.1, -0.05) is 42.5 Å². The second-order valence-electron chi connectivity index (χ2n) is 6.46. The molecule has 28 heavy (non-hydrogen) atoms. The van der Waals surface area contributed by atoms with Gasteiger partial charge in [0.05, 0.1) is 24.6 Å². The van der Waals surface area contributed by atoms with Crippen LogP contribution < -0.4 is 4.74 Å². The molecule has 8 heteroatoms. The first-order chi connectivity index (χ1) is 13.3. The predicted octanol–water partition coefficient (Wildman–Crippen LogP) is 4.71. The topological polar surface area (TPSA) is 89.9 Å². The average molecular weight is 425 g/mol. The number of carbonyl (C=O) groups excluding carboxylic acids is 1. The number of ether oxygens (including phenoxy) is 2. The van der Waals surface area contributed by atoms with E-state index < -0.39 is 28.4 Å². The Morgan fingerprint density at radius 1 is 1.00 bits per heavy atom. The quantitative estimate of drug-likeness (QED) is 0.271. The molecule has 6 nitrogen and oxygen atoms in total. The van der Waals surface area contributed by atoms with Crippen LogP contribution in [0.1, 0.15) is 19.4 Å². The summed E-state index contributed by atoms with van der Waals surface area (Å²) in [6.07, 6.45) is 2.86. The predicted molar refractivity (Wildman–Crippen MR) is 111 cm³/mol. The number of benzene rings is 2. The van der Waals surface area contributed by atoms with Crippen LogP contribution in [0.5, 0.6) is 5.75 Å². The van der Waals surface area contributed by atoms with Gasteiger partial charge in [0.1, 0.15) is 11.5 Å². The van der Waals surface area contributed by atoms with Gasteiger partial charge in [0.15, 0.2) is 5.75 Å². The number of rotatable bonds is 9. The van der Waals surface area contributed by atoms with Gasteiger partial charge in [0, 0.05) is 7.26 Å². The zero-order chi connectivity index (χ0) is 20.6. The van der Waals surface area contributed by atoms with E-state index in [1.807, 2.05) is 18.2 Å². The van der Waals surface area contributed by atoms with Crippen molar-refractivity contribution in [3.05, 3.63) is 60.2 Å². The maximum atomic E-state index is 12.0. The van der Waals surface area contributed by atoms with Crippen molar-refractivity contribution in [2.45, 2.75) is 24.9 Å². The largest absolute Gasteiger partial charge is 0.514 e. The third kappa shape index (κ3) is 6.30. The highest BCUT2D eigenvalue weighted by Gasteiger charge is 2.34. The fraction of sp³-hybridized carbons (Fsp3) is 0.350. The summed E-state index contributed by atoms with van der Waals surface area (Å²) >= 11 is 0. The molecule has 2 aromatic carbocycles. The van der Waals surface area contributed by atoms with Crippen LogP contribution in [-0.4, -0.2) is 44.2 Å². The Morgan fingerprint density at radius 3 is 2.21 bits per heavy atom. The summed E-state index contributed by atoms with van der Waals surface area (Å²) in [7, 11) is -5.82. The van der Waals surface area contributed by atoms with Gasteiger partial charge >= 0.3 is 6.16 Å². The molecule has 0 amide bonds. The molecular formula is C20H26O6PS+. The molecule has 0 fully saturated rings. The van der Waals surface area contributed by atoms with Crippen LogP contribution >= 0.6 is 7.26 Å². The lowest BCUT2D eigenvalue weighted by Crippen LogP contribution is -2.18. The van der Waals surface area contributed by atoms with Crippen LogP contribution in [0.4, 0.5) is 4.79 Å². The molecule has 0 aromatic heterocycles. The van der Waals surface area contributed by atoms with Gasteiger partial charge in [-0.3, -0.25) is 4.55 Å². The molecule has 2 aromatic rings. The van der Waals surface area contributed by atoms with E-state index in [1.165, 1.54) is 23.8 Å². The molecule has 0 aliphatic carbocycles. The first-order valence-corrected chi connectivity index (χ1v) is 13.1. The van der Waals surface area contributed by atoms with Crippen molar-refractivity contribution in [3.63, 3.8) is 0 Å². The summed E-state index contributed by atoms with van der Waals surface area (Å²) in [4.78, 5) is 11.5. The normalized spacial score (nSPS) is 11.8. The van der Waals surface area contributed by atoms with Gasteiger partial charge in [-0.2, -0.15) is 8.42 Å². The summed E-state index contributed by atoms with van der Waals surface area (Å²) < 4.78 is 42.1. The maximum absolute atomic E-state index is 12.0. The lowest BCUT2D eigenvalue weighted by Gasteiger charge is -2.25. The highest BCUT2D eigenvalue weighted by molar-refractivity contribution is 7.86. The Balaban J connectivity index is 1.97. The van der Waals surface area contributed by atoms with E-state index >= 15 is 0 Å². The first kappa shape index (κ1) is 22.3. The lowest BCUT2D eigenvalue weighted by molar-refractivity contribution is 0.104. The van der Waals surface area contributed by atoms with Gasteiger partial charge in [-0.25, -0.2) is 4.79 Å². The van der Waals surface area contributed by atoms with E-state index in [0.29, 0.717) is 0 Å². The van der Waals surface area contributed by atoms with E-state index in [4.69, 9.17) is 9.47 Å². The molecule has 2 rings (SSSR count). The third-order valence-electron chi connectivity index (χ3n) is 4.81. The van der Waals surface area contributed by atoms with E-state index in [-0.39, 0.29) is 12.4 Å². The van der Waals surface area contributed by atoms with Crippen LogP contribution in [0.25, 0.3) is 0 Å². The lowest BCUT2D eigenvalue weighted by atomic mass is 10.2. The molecule has 0 aliphatic rings. The minimum absolute atomic E-state index is 0.204. The van der Waals surface area contributed by atoms with Gasteiger partial charge < -0.3 is 9.47 Å². The van der Waals surface area contributed by atoms with Gasteiger partial charge in [-0.15, -0.1) is 0 Å². The Morgan fingerprint density at radius 2 is 1.61 bits per heavy atom. The molecule has 0 radical (unpaired) electrons. The zero-order valence-corrected chi connectivity index (χ0v) is 17.8. The van der Waals surface area contributed by atoms with Crippen molar-refractivity contribution in [2.75, 3.05) is 25.1 Å². The van der Waals surface area contributed by atoms with Crippen molar-refractivity contribution in [3.8, 4) is 5.75 Å². The number of para-hydroxylation sites is 1. The minimum atomic E-state index is -4.49. The molecule has 1 N–H and O–H groups in total. The Hall–Kier alpha value is -1.95. The van der Waals surface area contributed by atoms with E-state index in [2.05, 4.69) is 26.0 Å². The second-order valence-corrected chi connectivity index (χ2v) is 12.6. The molecule has 0 aliphatic heterocycles. The zero-order valence-electron chi connectivity index (χ0n) is 16.1. The van der Waals surface area contributed by atoms with Crippen molar-refractivity contribution in [1.82, 2.24) is 0 Å². The van der Waals surface area contributed by atoms with Crippen LogP contribution in [0, 0.1) is 0 Å². The van der Waals surface area contributed by atoms with Gasteiger partial charge in [0.25, 0.3) is 10.1 Å². The summed E-state index contributed by atoms with van der Waals surface area (Å²) in [6, 6.07) is 15.6. The summed E-state index contributed by atoms with van der Waals surface area (Å²) in [5.41, 5.74) is 1.28. The Bertz CT molecular complexity index is 879. The monoisotopic (exact) mass is 425 g/mol. The SMILES string of the molecule is CC[P+](CC)(CCOC(=O)Oc1ccccc1S(=O)(=O)O)Cc1ccccc1. The molecule has 0 heterocycles. The van der Waals surface area contributed by atoms with Crippen LogP contribution in [0.3, 0.4) is 0 Å². The summed E-state index contributed by atoms with van der Waals surface area (Å²) in [5.74, 6) is -0.258. The van der Waals surface area contributed by atoms with Crippen molar-refractivity contribution in [1.29, 1.82) is 0 Å². The molecule has 0 atom stereocenters. The number of hydrogen-bond acceptors (Lipinski definition) is 5. The first-order valence-electron chi connectivity index (χ1n) is 9.10. The standard InChI is InChI=1S/C20H25O6PS/c1-3-27(4-2,16-17-10-6-5-7-11-17)15-14-25-20(21)26-18-12-8-9-13-19(18)28(22,23)24/h5-13H,3-4,14-16H2,1-2H3/p+1. The van der Waals surface area contributed by atoms with E-state index in [1.54, 1.807) is 0 Å². The highest BCUT2D eigenvalue weighted by Crippen LogP contribution is 2.60. The van der Waals surface area contributed by atoms with E-state index in [9.17, 15) is 17.8 Å². The third-order valence-corrected chi connectivity index (χ3v) is 10.6. The van der Waals surface area contributed by atoms with E-state index in [0.717, 1.165) is 30.7 Å². The van der Waals surface area contributed by atoms with Gasteiger partial charge in [0.2, 0.25) is 0 Å². The van der Waals surface area contributed by atoms with Crippen LogP contribution in [-0.2, 0) is 21.0 Å². The molecule has 0 saturated heterocycles. The Kier molecular flexibility index (Phi) is 7.98. The molecule has 0 unspecified atom stereocenters. The van der Waals surface area contributed by atoms with Crippen LogP contribution in [0.15, 0.2) is 59.5 Å². The van der Waals surface area contributed by atoms with Crippen molar-refractivity contribution >= 4 is 23.5 Å². The second kappa shape index (κ2) is 10.0. The average Bonchev–Trinajstić information content (AvgIpc) is 2.67. The fourth-order valence-corrected chi connectivity index (χ4v) is 6.77. The maximum Gasteiger partial charge on any atom is 0.514 e. The molecule has 0 spiro atoms. The smallest absolute Gasteiger partial charge is 0.430 e. The number of hydrogen-bond donors (Lipinski definition) is 1. The van der Waals surface area contributed by atoms with Gasteiger partial charge in [-0.05, 0) is 31.5 Å². The minimum Gasteiger partial charge on any atom is -0.430 e. The number of carbonyl (C=O) groups is 1. The molecule has 0 bridgehead atoms. The highest BCUT2D eigenvalue weighted by atomic mass is 32.2. The molecule has 0 saturated carbocycles. The Labute approximate surface area is 167 Å². The molecular weight excluding hydrogens is 399 g/mol. The van der Waals surface area contributed by atoms with Crippen LogP contribution in [0.2, 0.25) is 0 Å². The fourth-order valence-electron chi connectivity index (χ4n) is 3.00. The summed E-state index contributed by atoms with van der Waals surface area (Å²) in [5, 5.41) is 0.